The van der Waals surface area contributed by atoms with Crippen LogP contribution in [0.25, 0.3) is 0 Å². The van der Waals surface area contributed by atoms with Gasteiger partial charge in [-0.15, -0.1) is 6.58 Å². The van der Waals surface area contributed by atoms with Gasteiger partial charge in [-0.25, -0.2) is 0 Å². The number of fused-ring (bicyclic) bond motifs is 5. The Hall–Kier alpha value is -0.420. The standard InChI is InChI=1S/C29H50O4/c1-7-28(32,18(2)3)15-10-19(4)22-8-9-23-21-16-25(31)29(33)17-20(30)11-14-27(29,6)24(21)12-13-26(22,23)5/h7,18-25,30-33H,1,8-17H2,2-6H3/t19-,20+,21?,22?,23?,24?,25-,26-,27-,28+,29+/m1/s1. The molecule has 33 heavy (non-hydrogen) atoms. The normalized spacial score (nSPS) is 50.1. The highest BCUT2D eigenvalue weighted by Gasteiger charge is 2.67. The third-order valence-corrected chi connectivity index (χ3v) is 11.9. The summed E-state index contributed by atoms with van der Waals surface area (Å²) >= 11 is 0. The molecule has 4 heteroatoms. The first-order valence-electron chi connectivity index (χ1n) is 13.8. The fourth-order valence-corrected chi connectivity index (χ4v) is 9.52. The molecule has 0 amide bonds. The minimum Gasteiger partial charge on any atom is -0.393 e. The van der Waals surface area contributed by atoms with E-state index in [1.54, 1.807) is 6.08 Å². The van der Waals surface area contributed by atoms with Gasteiger partial charge < -0.3 is 20.4 Å². The van der Waals surface area contributed by atoms with Gasteiger partial charge in [0.25, 0.3) is 0 Å². The topological polar surface area (TPSA) is 80.9 Å². The molecule has 0 spiro atoms. The highest BCUT2D eigenvalue weighted by Crippen LogP contribution is 2.69. The third-order valence-electron chi connectivity index (χ3n) is 11.9. The second kappa shape index (κ2) is 8.61. The maximum atomic E-state index is 11.6. The van der Waals surface area contributed by atoms with Gasteiger partial charge >= 0.3 is 0 Å². The maximum absolute atomic E-state index is 11.6. The van der Waals surface area contributed by atoms with Crippen LogP contribution in [0.1, 0.15) is 98.8 Å². The van der Waals surface area contributed by atoms with Crippen LogP contribution in [0.3, 0.4) is 0 Å². The Balaban J connectivity index is 1.52. The zero-order chi connectivity index (χ0) is 24.4. The van der Waals surface area contributed by atoms with Crippen LogP contribution in [0.15, 0.2) is 12.7 Å². The van der Waals surface area contributed by atoms with E-state index in [1.165, 1.54) is 19.3 Å². The van der Waals surface area contributed by atoms with Gasteiger partial charge in [-0.1, -0.05) is 40.7 Å². The molecule has 0 saturated heterocycles. The van der Waals surface area contributed by atoms with Crippen molar-refractivity contribution in [1.82, 2.24) is 0 Å². The summed E-state index contributed by atoms with van der Waals surface area (Å²) in [6, 6.07) is 0. The maximum Gasteiger partial charge on any atom is 0.0985 e. The summed E-state index contributed by atoms with van der Waals surface area (Å²) in [6.07, 6.45) is 9.56. The monoisotopic (exact) mass is 462 g/mol. The molecule has 0 heterocycles. The average Bonchev–Trinajstić information content (AvgIpc) is 3.11. The zero-order valence-corrected chi connectivity index (χ0v) is 21.8. The summed E-state index contributed by atoms with van der Waals surface area (Å²) in [5.41, 5.74) is -1.98. The van der Waals surface area contributed by atoms with Gasteiger partial charge in [0.1, 0.15) is 0 Å². The largest absolute Gasteiger partial charge is 0.393 e. The summed E-state index contributed by atoms with van der Waals surface area (Å²) in [4.78, 5) is 0. The van der Waals surface area contributed by atoms with E-state index in [2.05, 4.69) is 41.2 Å². The van der Waals surface area contributed by atoms with Gasteiger partial charge in [-0.2, -0.15) is 0 Å². The molecular formula is C29H50O4. The molecule has 4 aliphatic carbocycles. The van der Waals surface area contributed by atoms with Crippen molar-refractivity contribution in [2.45, 2.75) is 122 Å². The number of hydrogen-bond donors (Lipinski definition) is 4. The Morgan fingerprint density at radius 1 is 1.03 bits per heavy atom. The van der Waals surface area contributed by atoms with Crippen molar-refractivity contribution in [2.24, 2.45) is 46.3 Å². The Bertz CT molecular complexity index is 737. The van der Waals surface area contributed by atoms with Gasteiger partial charge in [0.15, 0.2) is 0 Å². The van der Waals surface area contributed by atoms with Crippen LogP contribution in [0, 0.1) is 46.3 Å². The third kappa shape index (κ3) is 3.77. The van der Waals surface area contributed by atoms with Crippen molar-refractivity contribution in [1.29, 1.82) is 0 Å². The Labute approximate surface area is 201 Å². The average molecular weight is 463 g/mol. The molecule has 0 bridgehead atoms. The van der Waals surface area contributed by atoms with E-state index >= 15 is 0 Å². The fourth-order valence-electron chi connectivity index (χ4n) is 9.52. The molecule has 0 radical (unpaired) electrons. The Morgan fingerprint density at radius 2 is 1.73 bits per heavy atom. The molecule has 4 aliphatic rings. The minimum atomic E-state index is -1.16. The summed E-state index contributed by atoms with van der Waals surface area (Å²) in [6.45, 7) is 15.1. The van der Waals surface area contributed by atoms with Crippen LogP contribution in [-0.2, 0) is 0 Å². The van der Waals surface area contributed by atoms with E-state index in [-0.39, 0.29) is 16.7 Å². The molecule has 0 aromatic carbocycles. The summed E-state index contributed by atoms with van der Waals surface area (Å²) in [5, 5.41) is 44.1. The van der Waals surface area contributed by atoms with Gasteiger partial charge in [0, 0.05) is 11.8 Å². The van der Waals surface area contributed by atoms with Crippen molar-refractivity contribution in [3.63, 3.8) is 0 Å². The van der Waals surface area contributed by atoms with Crippen molar-refractivity contribution < 1.29 is 20.4 Å². The second-order valence-electron chi connectivity index (χ2n) is 13.5. The Morgan fingerprint density at radius 3 is 2.36 bits per heavy atom. The first-order valence-corrected chi connectivity index (χ1v) is 13.8. The van der Waals surface area contributed by atoms with Crippen LogP contribution >= 0.6 is 0 Å². The molecule has 4 saturated carbocycles. The van der Waals surface area contributed by atoms with E-state index in [0.717, 1.165) is 32.1 Å². The lowest BCUT2D eigenvalue weighted by Gasteiger charge is -2.65. The van der Waals surface area contributed by atoms with Gasteiger partial charge in [0.2, 0.25) is 0 Å². The summed E-state index contributed by atoms with van der Waals surface area (Å²) < 4.78 is 0. The predicted molar refractivity (Wildman–Crippen MR) is 132 cm³/mol. The van der Waals surface area contributed by atoms with Crippen molar-refractivity contribution in [3.05, 3.63) is 12.7 Å². The second-order valence-corrected chi connectivity index (χ2v) is 13.5. The van der Waals surface area contributed by atoms with Crippen molar-refractivity contribution in [2.75, 3.05) is 0 Å². The molecule has 0 aliphatic heterocycles. The smallest absolute Gasteiger partial charge is 0.0985 e. The summed E-state index contributed by atoms with van der Waals surface area (Å²) in [5.74, 6) is 2.84. The molecule has 4 rings (SSSR count). The van der Waals surface area contributed by atoms with E-state index < -0.39 is 23.4 Å². The number of rotatable bonds is 6. The lowest BCUT2D eigenvalue weighted by atomic mass is 9.42. The fraction of sp³-hybridized carbons (Fsp3) is 0.931. The predicted octanol–water partition coefficient (Wildman–Crippen LogP) is 5.08. The quantitative estimate of drug-likeness (QED) is 0.415. The molecule has 4 unspecified atom stereocenters. The highest BCUT2D eigenvalue weighted by molar-refractivity contribution is 5.17. The molecule has 11 atom stereocenters. The SMILES string of the molecule is C=C[C@](O)(CC[C@@H](C)C1CCC2C3C[C@@H](O)[C@@]4(O)C[C@@H](O)CC[C@]4(C)C3CC[C@@]21C)C(C)C. The highest BCUT2D eigenvalue weighted by atomic mass is 16.3. The molecule has 0 aromatic heterocycles. The zero-order valence-electron chi connectivity index (χ0n) is 21.8. The van der Waals surface area contributed by atoms with E-state index in [1.807, 2.05) is 0 Å². The van der Waals surface area contributed by atoms with E-state index in [9.17, 15) is 20.4 Å². The first-order chi connectivity index (χ1) is 15.3. The molecular weight excluding hydrogens is 412 g/mol. The van der Waals surface area contributed by atoms with Crippen LogP contribution in [0.4, 0.5) is 0 Å². The van der Waals surface area contributed by atoms with Crippen molar-refractivity contribution in [3.8, 4) is 0 Å². The molecule has 0 aromatic rings. The van der Waals surface area contributed by atoms with Gasteiger partial charge in [-0.3, -0.25) is 0 Å². The molecule has 4 N–H and O–H groups in total. The lowest BCUT2D eigenvalue weighted by Crippen LogP contribution is -2.68. The van der Waals surface area contributed by atoms with Gasteiger partial charge in [0.05, 0.1) is 23.4 Å². The number of hydrogen-bond acceptors (Lipinski definition) is 4. The number of aliphatic hydroxyl groups is 4. The molecule has 4 fully saturated rings. The molecule has 190 valence electrons. The van der Waals surface area contributed by atoms with Crippen LogP contribution < -0.4 is 0 Å². The summed E-state index contributed by atoms with van der Waals surface area (Å²) in [7, 11) is 0. The van der Waals surface area contributed by atoms with Crippen LogP contribution in [-0.4, -0.2) is 43.8 Å². The van der Waals surface area contributed by atoms with E-state index in [4.69, 9.17) is 0 Å². The van der Waals surface area contributed by atoms with E-state index in [0.29, 0.717) is 42.4 Å². The minimum absolute atomic E-state index is 0.168. The van der Waals surface area contributed by atoms with Crippen LogP contribution in [0.5, 0.6) is 0 Å². The Kier molecular flexibility index (Phi) is 6.69. The lowest BCUT2D eigenvalue weighted by molar-refractivity contribution is -0.264. The molecule has 4 nitrogen and oxygen atoms in total. The van der Waals surface area contributed by atoms with Gasteiger partial charge in [-0.05, 0) is 98.7 Å². The number of aliphatic hydroxyl groups excluding tert-OH is 2. The first kappa shape index (κ1) is 25.7. The van der Waals surface area contributed by atoms with Crippen molar-refractivity contribution >= 4 is 0 Å². The van der Waals surface area contributed by atoms with Crippen LogP contribution in [0.2, 0.25) is 0 Å².